The summed E-state index contributed by atoms with van der Waals surface area (Å²) < 4.78 is 0. The standard InChI is InChI=1S/C17H18O2/c1-9-3-4-11-12(7-9)15(18)13-10-5-6-17(2,8-10)14(13)16(11)19/h3-4,7,10,18-19H,5-6,8H2,1-2H3. The molecule has 4 rings (SSSR count). The summed E-state index contributed by atoms with van der Waals surface area (Å²) >= 11 is 0. The van der Waals surface area contributed by atoms with Crippen molar-refractivity contribution in [1.82, 2.24) is 0 Å². The molecule has 1 fully saturated rings. The highest BCUT2D eigenvalue weighted by Gasteiger charge is 2.49. The van der Waals surface area contributed by atoms with Crippen LogP contribution in [0.1, 0.15) is 48.8 Å². The van der Waals surface area contributed by atoms with E-state index in [1.807, 2.05) is 25.1 Å². The Morgan fingerprint density at radius 3 is 2.74 bits per heavy atom. The van der Waals surface area contributed by atoms with E-state index in [-0.39, 0.29) is 5.41 Å². The zero-order valence-corrected chi connectivity index (χ0v) is 11.3. The molecule has 2 aliphatic carbocycles. The van der Waals surface area contributed by atoms with Crippen molar-refractivity contribution in [3.8, 4) is 11.5 Å². The Morgan fingerprint density at radius 1 is 1.16 bits per heavy atom. The fraction of sp³-hybridized carbons (Fsp3) is 0.412. The fourth-order valence-electron chi connectivity index (χ4n) is 4.31. The van der Waals surface area contributed by atoms with Crippen molar-refractivity contribution < 1.29 is 10.2 Å². The normalized spacial score (nSPS) is 28.0. The van der Waals surface area contributed by atoms with Crippen LogP contribution in [0.4, 0.5) is 0 Å². The third kappa shape index (κ3) is 1.22. The monoisotopic (exact) mass is 254 g/mol. The van der Waals surface area contributed by atoms with E-state index >= 15 is 0 Å². The second kappa shape index (κ2) is 3.24. The molecule has 2 unspecified atom stereocenters. The van der Waals surface area contributed by atoms with Crippen molar-refractivity contribution in [3.63, 3.8) is 0 Å². The average molecular weight is 254 g/mol. The van der Waals surface area contributed by atoms with Gasteiger partial charge in [-0.15, -0.1) is 0 Å². The molecule has 0 heterocycles. The smallest absolute Gasteiger partial charge is 0.127 e. The number of rotatable bonds is 0. The summed E-state index contributed by atoms with van der Waals surface area (Å²) in [6.45, 7) is 4.23. The summed E-state index contributed by atoms with van der Waals surface area (Å²) in [5, 5.41) is 22.9. The molecule has 2 nitrogen and oxygen atoms in total. The zero-order chi connectivity index (χ0) is 13.4. The second-order valence-corrected chi connectivity index (χ2v) is 6.54. The molecule has 0 spiro atoms. The Hall–Kier alpha value is -1.70. The van der Waals surface area contributed by atoms with Crippen LogP contribution in [0.5, 0.6) is 11.5 Å². The Labute approximate surface area is 112 Å². The maximum absolute atomic E-state index is 10.7. The van der Waals surface area contributed by atoms with Crippen molar-refractivity contribution in [2.24, 2.45) is 0 Å². The van der Waals surface area contributed by atoms with Crippen molar-refractivity contribution in [1.29, 1.82) is 0 Å². The third-order valence-electron chi connectivity index (χ3n) is 5.20. The largest absolute Gasteiger partial charge is 0.507 e. The van der Waals surface area contributed by atoms with Gasteiger partial charge in [-0.25, -0.2) is 0 Å². The van der Waals surface area contributed by atoms with Gasteiger partial charge in [-0.2, -0.15) is 0 Å². The highest BCUT2D eigenvalue weighted by Crippen LogP contribution is 2.63. The molecule has 2 atom stereocenters. The molecule has 0 amide bonds. The van der Waals surface area contributed by atoms with Gasteiger partial charge in [0.1, 0.15) is 11.5 Å². The maximum atomic E-state index is 10.7. The van der Waals surface area contributed by atoms with Gasteiger partial charge in [-0.05, 0) is 43.6 Å². The molecule has 19 heavy (non-hydrogen) atoms. The Bertz CT molecular complexity index is 717. The lowest BCUT2D eigenvalue weighted by Gasteiger charge is -2.27. The average Bonchev–Trinajstić information content (AvgIpc) is 2.89. The van der Waals surface area contributed by atoms with Crippen LogP contribution in [-0.4, -0.2) is 10.2 Å². The van der Waals surface area contributed by atoms with E-state index < -0.39 is 0 Å². The molecule has 0 aliphatic heterocycles. The SMILES string of the molecule is Cc1ccc2c(O)c3c(c(O)c2c1)C1CCC3(C)C1. The van der Waals surface area contributed by atoms with Gasteiger partial charge in [0.2, 0.25) is 0 Å². The van der Waals surface area contributed by atoms with Gasteiger partial charge >= 0.3 is 0 Å². The predicted molar refractivity (Wildman–Crippen MR) is 76.0 cm³/mol. The summed E-state index contributed by atoms with van der Waals surface area (Å²) in [6.07, 6.45) is 3.32. The number of aryl methyl sites for hydroxylation is 1. The Balaban J connectivity index is 2.18. The summed E-state index contributed by atoms with van der Waals surface area (Å²) in [5.41, 5.74) is 3.19. The quantitative estimate of drug-likeness (QED) is 0.695. The molecule has 2 bridgehead atoms. The van der Waals surface area contributed by atoms with Gasteiger partial charge in [0.15, 0.2) is 0 Å². The highest BCUT2D eigenvalue weighted by molar-refractivity contribution is 5.97. The molecule has 2 heteroatoms. The van der Waals surface area contributed by atoms with Crippen molar-refractivity contribution in [2.75, 3.05) is 0 Å². The first-order chi connectivity index (χ1) is 9.01. The first kappa shape index (κ1) is 11.2. The third-order valence-corrected chi connectivity index (χ3v) is 5.20. The molecule has 98 valence electrons. The van der Waals surface area contributed by atoms with E-state index in [1.165, 1.54) is 0 Å². The molecule has 0 aromatic heterocycles. The summed E-state index contributed by atoms with van der Waals surface area (Å²) in [5.74, 6) is 1.23. The number of aromatic hydroxyl groups is 2. The topological polar surface area (TPSA) is 40.5 Å². The summed E-state index contributed by atoms with van der Waals surface area (Å²) in [6, 6.07) is 5.89. The van der Waals surface area contributed by atoms with Crippen molar-refractivity contribution >= 4 is 10.8 Å². The predicted octanol–water partition coefficient (Wildman–Crippen LogP) is 4.10. The lowest BCUT2D eigenvalue weighted by atomic mass is 9.79. The van der Waals surface area contributed by atoms with E-state index in [9.17, 15) is 10.2 Å². The van der Waals surface area contributed by atoms with Crippen LogP contribution in [0.25, 0.3) is 10.8 Å². The molecule has 1 saturated carbocycles. The number of hydrogen-bond acceptors (Lipinski definition) is 2. The molecular weight excluding hydrogens is 236 g/mol. The zero-order valence-electron chi connectivity index (χ0n) is 11.3. The van der Waals surface area contributed by atoms with E-state index in [0.29, 0.717) is 17.4 Å². The molecule has 2 aliphatic rings. The molecule has 2 aromatic carbocycles. The van der Waals surface area contributed by atoms with E-state index in [2.05, 4.69) is 6.92 Å². The number of phenols is 2. The highest BCUT2D eigenvalue weighted by atomic mass is 16.3. The fourth-order valence-corrected chi connectivity index (χ4v) is 4.31. The van der Waals surface area contributed by atoms with Crippen LogP contribution in [-0.2, 0) is 5.41 Å². The van der Waals surface area contributed by atoms with Gasteiger partial charge in [0.05, 0.1) is 0 Å². The van der Waals surface area contributed by atoms with Crippen molar-refractivity contribution in [2.45, 2.75) is 44.4 Å². The van der Waals surface area contributed by atoms with Gasteiger partial charge in [0.25, 0.3) is 0 Å². The summed E-state index contributed by atoms with van der Waals surface area (Å²) in [4.78, 5) is 0. The van der Waals surface area contributed by atoms with Gasteiger partial charge in [-0.1, -0.05) is 24.6 Å². The van der Waals surface area contributed by atoms with Gasteiger partial charge < -0.3 is 10.2 Å². The van der Waals surface area contributed by atoms with E-state index in [4.69, 9.17) is 0 Å². The van der Waals surface area contributed by atoms with Crippen LogP contribution in [0.3, 0.4) is 0 Å². The first-order valence-corrected chi connectivity index (χ1v) is 7.00. The van der Waals surface area contributed by atoms with Crippen LogP contribution in [0.15, 0.2) is 18.2 Å². The molecule has 0 saturated heterocycles. The summed E-state index contributed by atoms with van der Waals surface area (Å²) in [7, 11) is 0. The van der Waals surface area contributed by atoms with Crippen LogP contribution >= 0.6 is 0 Å². The second-order valence-electron chi connectivity index (χ2n) is 6.54. The minimum Gasteiger partial charge on any atom is -0.507 e. The number of phenolic OH excluding ortho intramolecular Hbond substituents is 2. The maximum Gasteiger partial charge on any atom is 0.127 e. The molecule has 2 aromatic rings. The van der Waals surface area contributed by atoms with Crippen LogP contribution < -0.4 is 0 Å². The lowest BCUT2D eigenvalue weighted by molar-refractivity contribution is 0.427. The molecule has 2 N–H and O–H groups in total. The molecular formula is C17H18O2. The lowest BCUT2D eigenvalue weighted by Crippen LogP contribution is -2.16. The number of fused-ring (bicyclic) bond motifs is 6. The Morgan fingerprint density at radius 2 is 1.95 bits per heavy atom. The van der Waals surface area contributed by atoms with Crippen LogP contribution in [0, 0.1) is 6.92 Å². The van der Waals surface area contributed by atoms with Crippen LogP contribution in [0.2, 0.25) is 0 Å². The first-order valence-electron chi connectivity index (χ1n) is 7.00. The number of benzene rings is 2. The number of hydrogen-bond donors (Lipinski definition) is 2. The van der Waals surface area contributed by atoms with Gasteiger partial charge in [0, 0.05) is 21.9 Å². The van der Waals surface area contributed by atoms with E-state index in [0.717, 1.165) is 46.7 Å². The molecule has 0 radical (unpaired) electrons. The Kier molecular flexibility index (Phi) is 1.90. The van der Waals surface area contributed by atoms with Gasteiger partial charge in [-0.3, -0.25) is 0 Å². The minimum absolute atomic E-state index is 0.0562. The van der Waals surface area contributed by atoms with E-state index in [1.54, 1.807) is 0 Å². The van der Waals surface area contributed by atoms with Crippen molar-refractivity contribution in [3.05, 3.63) is 34.9 Å². The minimum atomic E-state index is 0.0562.